The first-order valence-electron chi connectivity index (χ1n) is 13.0. The van der Waals surface area contributed by atoms with Gasteiger partial charge < -0.3 is 15.0 Å². The van der Waals surface area contributed by atoms with E-state index in [1.165, 1.54) is 12.1 Å². The number of hydrogen-bond acceptors (Lipinski definition) is 7. The van der Waals surface area contributed by atoms with Gasteiger partial charge in [-0.05, 0) is 53.5 Å². The fraction of sp³-hybridized carbons (Fsp3) is 0.276. The monoisotopic (exact) mass is 578 g/mol. The van der Waals surface area contributed by atoms with E-state index in [1.54, 1.807) is 41.1 Å². The van der Waals surface area contributed by atoms with Crippen molar-refractivity contribution in [3.63, 3.8) is 0 Å². The first-order chi connectivity index (χ1) is 19.6. The van der Waals surface area contributed by atoms with Crippen molar-refractivity contribution in [2.75, 3.05) is 31.8 Å². The summed E-state index contributed by atoms with van der Waals surface area (Å²) in [6.07, 6.45) is 4.73. The van der Waals surface area contributed by atoms with Crippen LogP contribution < -0.4 is 14.8 Å². The number of likely N-dealkylation sites (tertiary alicyclic amines) is 1. The summed E-state index contributed by atoms with van der Waals surface area (Å²) in [5, 5.41) is 9.10. The number of nitrogens with one attached hydrogen (secondary N) is 2. The van der Waals surface area contributed by atoms with Gasteiger partial charge in [0.05, 0.1) is 25.3 Å². The molecular formula is C29H31FN6O4S. The van der Waals surface area contributed by atoms with Gasteiger partial charge >= 0.3 is 0 Å². The maximum Gasteiger partial charge on any atom is 0.246 e. The number of benzene rings is 2. The van der Waals surface area contributed by atoms with E-state index in [2.05, 4.69) is 21.6 Å². The zero-order chi connectivity index (χ0) is 29.1. The molecule has 0 bridgehead atoms. The Balaban J connectivity index is 1.54. The third-order valence-corrected chi connectivity index (χ3v) is 7.70. The van der Waals surface area contributed by atoms with Crippen LogP contribution in [0.2, 0.25) is 0 Å². The molecule has 2 aromatic heterocycles. The van der Waals surface area contributed by atoms with Crippen LogP contribution in [-0.2, 0) is 27.9 Å². The summed E-state index contributed by atoms with van der Waals surface area (Å²) in [7, 11) is -1.85. The highest BCUT2D eigenvalue weighted by Crippen LogP contribution is 2.35. The number of nitrogens with zero attached hydrogens (tertiary/aromatic N) is 4. The second-order valence-corrected chi connectivity index (χ2v) is 11.8. The number of fused-ring (bicyclic) bond motifs is 1. The number of carbonyl (C=O) groups excluding carboxylic acids is 1. The van der Waals surface area contributed by atoms with Crippen LogP contribution in [-0.4, -0.2) is 66.5 Å². The lowest BCUT2D eigenvalue weighted by Crippen LogP contribution is -2.30. The number of methoxy groups -OCH3 is 1. The highest BCUT2D eigenvalue weighted by molar-refractivity contribution is 7.88. The van der Waals surface area contributed by atoms with Crippen LogP contribution in [0.4, 0.5) is 10.2 Å². The Hall–Kier alpha value is -4.29. The Morgan fingerprint density at radius 2 is 2.00 bits per heavy atom. The van der Waals surface area contributed by atoms with Gasteiger partial charge in [0.2, 0.25) is 15.9 Å². The van der Waals surface area contributed by atoms with Crippen molar-refractivity contribution in [2.24, 2.45) is 0 Å². The average molecular weight is 579 g/mol. The lowest BCUT2D eigenvalue weighted by molar-refractivity contribution is -0.125. The molecule has 4 aromatic rings. The lowest BCUT2D eigenvalue weighted by Gasteiger charge is -2.15. The van der Waals surface area contributed by atoms with Crippen LogP contribution in [0.5, 0.6) is 5.75 Å². The lowest BCUT2D eigenvalue weighted by atomic mass is 10.0. The van der Waals surface area contributed by atoms with Crippen LogP contribution >= 0.6 is 0 Å². The van der Waals surface area contributed by atoms with E-state index < -0.39 is 15.8 Å². The molecule has 1 aliphatic rings. The van der Waals surface area contributed by atoms with Crippen molar-refractivity contribution < 1.29 is 22.3 Å². The number of rotatable bonds is 10. The predicted octanol–water partition coefficient (Wildman–Crippen LogP) is 3.54. The van der Waals surface area contributed by atoms with Gasteiger partial charge in [0.25, 0.3) is 0 Å². The van der Waals surface area contributed by atoms with Crippen LogP contribution in [0.1, 0.15) is 17.5 Å². The summed E-state index contributed by atoms with van der Waals surface area (Å²) >= 11 is 0. The van der Waals surface area contributed by atoms with Crippen molar-refractivity contribution >= 4 is 32.8 Å². The number of halogens is 1. The van der Waals surface area contributed by atoms with Gasteiger partial charge in [-0.15, -0.1) is 0 Å². The molecule has 0 saturated carbocycles. The summed E-state index contributed by atoms with van der Waals surface area (Å²) in [5.74, 6) is 0.683. The van der Waals surface area contributed by atoms with Crippen molar-refractivity contribution in [1.29, 1.82) is 0 Å². The van der Waals surface area contributed by atoms with Gasteiger partial charge in [-0.1, -0.05) is 30.8 Å². The fourth-order valence-corrected chi connectivity index (χ4v) is 5.34. The summed E-state index contributed by atoms with van der Waals surface area (Å²) in [6.45, 7) is 4.98. The Bertz CT molecular complexity index is 1700. The van der Waals surface area contributed by atoms with Crippen LogP contribution in [0.15, 0.2) is 67.4 Å². The van der Waals surface area contributed by atoms with E-state index in [0.29, 0.717) is 36.7 Å². The third kappa shape index (κ3) is 6.39. The van der Waals surface area contributed by atoms with E-state index >= 15 is 4.39 Å². The topological polar surface area (TPSA) is 118 Å². The zero-order valence-corrected chi connectivity index (χ0v) is 23.6. The summed E-state index contributed by atoms with van der Waals surface area (Å²) < 4.78 is 47.5. The fourth-order valence-electron chi connectivity index (χ4n) is 4.92. The molecule has 1 fully saturated rings. The molecule has 5 rings (SSSR count). The molecule has 10 nitrogen and oxygen atoms in total. The minimum Gasteiger partial charge on any atom is -0.497 e. The van der Waals surface area contributed by atoms with E-state index in [0.717, 1.165) is 34.9 Å². The smallest absolute Gasteiger partial charge is 0.246 e. The number of pyridine rings is 1. The van der Waals surface area contributed by atoms with E-state index in [9.17, 15) is 13.2 Å². The SMILES string of the molecule is C=CC(=O)N1CC[C@@H](Nc2nn(Cc3ccc(OC)cc3)c3nccc(-c4ccc(CNS(C)(=O)=O)c(F)c4)c23)C1. The number of sulfonamides is 1. The first-order valence-corrected chi connectivity index (χ1v) is 14.9. The molecule has 2 aromatic carbocycles. The standard InChI is InChI=1S/C29H31FN6O4S/c1-4-26(37)35-14-12-22(18-35)33-28-27-24(20-7-8-21(25(30)15-20)16-32-41(3,38)39)11-13-31-29(27)36(34-28)17-19-5-9-23(40-2)10-6-19/h4-11,13,15,22,32H,1,12,14,16-18H2,2-3H3,(H,33,34)/t22-/m1/s1. The van der Waals surface area contributed by atoms with Crippen molar-refractivity contribution in [1.82, 2.24) is 24.4 Å². The number of hydrogen-bond donors (Lipinski definition) is 2. The summed E-state index contributed by atoms with van der Waals surface area (Å²) in [5.41, 5.74) is 3.15. The number of ether oxygens (including phenoxy) is 1. The molecule has 1 saturated heterocycles. The van der Waals surface area contributed by atoms with Crippen LogP contribution in [0, 0.1) is 5.82 Å². The maximum absolute atomic E-state index is 15.1. The van der Waals surface area contributed by atoms with Gasteiger partial charge in [-0.2, -0.15) is 5.10 Å². The molecule has 0 radical (unpaired) electrons. The maximum atomic E-state index is 15.1. The molecule has 1 amide bonds. The number of carbonyl (C=O) groups is 1. The second kappa shape index (κ2) is 11.7. The average Bonchev–Trinajstić information content (AvgIpc) is 3.57. The van der Waals surface area contributed by atoms with E-state index in [-0.39, 0.29) is 24.1 Å². The molecule has 214 valence electrons. The van der Waals surface area contributed by atoms with Crippen LogP contribution in [0.25, 0.3) is 22.2 Å². The highest BCUT2D eigenvalue weighted by Gasteiger charge is 2.27. The van der Waals surface area contributed by atoms with Crippen molar-refractivity contribution in [3.05, 3.63) is 84.3 Å². The van der Waals surface area contributed by atoms with Gasteiger partial charge in [-0.25, -0.2) is 27.2 Å². The van der Waals surface area contributed by atoms with Gasteiger partial charge in [0.15, 0.2) is 11.5 Å². The van der Waals surface area contributed by atoms with E-state index in [4.69, 9.17) is 9.84 Å². The van der Waals surface area contributed by atoms with Crippen LogP contribution in [0.3, 0.4) is 0 Å². The molecule has 3 heterocycles. The summed E-state index contributed by atoms with van der Waals surface area (Å²) in [4.78, 5) is 18.5. The van der Waals surface area contributed by atoms with Gasteiger partial charge in [0, 0.05) is 37.4 Å². The molecule has 1 aliphatic heterocycles. The molecule has 12 heteroatoms. The summed E-state index contributed by atoms with van der Waals surface area (Å²) in [6, 6.07) is 14.1. The molecule has 2 N–H and O–H groups in total. The molecule has 41 heavy (non-hydrogen) atoms. The minimum absolute atomic E-state index is 0.0410. The molecular weight excluding hydrogens is 547 g/mol. The molecule has 1 atom stereocenters. The largest absolute Gasteiger partial charge is 0.497 e. The first kappa shape index (κ1) is 28.2. The Labute approximate surface area is 237 Å². The number of anilines is 1. The Morgan fingerprint density at radius 1 is 1.22 bits per heavy atom. The third-order valence-electron chi connectivity index (χ3n) is 7.03. The van der Waals surface area contributed by atoms with Crippen molar-refractivity contribution in [3.8, 4) is 16.9 Å². The zero-order valence-electron chi connectivity index (χ0n) is 22.8. The second-order valence-electron chi connectivity index (χ2n) is 9.93. The highest BCUT2D eigenvalue weighted by atomic mass is 32.2. The molecule has 0 unspecified atom stereocenters. The molecule has 0 spiro atoms. The number of aromatic nitrogens is 3. The van der Waals surface area contributed by atoms with Gasteiger partial charge in [0.1, 0.15) is 11.6 Å². The predicted molar refractivity (Wildman–Crippen MR) is 156 cm³/mol. The van der Waals surface area contributed by atoms with Crippen molar-refractivity contribution in [2.45, 2.75) is 25.6 Å². The molecule has 0 aliphatic carbocycles. The normalized spacial score (nSPS) is 15.3. The van der Waals surface area contributed by atoms with Gasteiger partial charge in [-0.3, -0.25) is 4.79 Å². The Kier molecular flexibility index (Phi) is 8.04. The quantitative estimate of drug-likeness (QED) is 0.276. The number of amides is 1. The Morgan fingerprint density at radius 3 is 2.68 bits per heavy atom. The van der Waals surface area contributed by atoms with E-state index in [1.807, 2.05) is 24.3 Å². The minimum atomic E-state index is -3.47.